The first-order chi connectivity index (χ1) is 8.91. The van der Waals surface area contributed by atoms with Crippen molar-refractivity contribution < 1.29 is 19.5 Å². The summed E-state index contributed by atoms with van der Waals surface area (Å²) < 4.78 is 0. The summed E-state index contributed by atoms with van der Waals surface area (Å²) in [5.41, 5.74) is 0. The quantitative estimate of drug-likeness (QED) is 0.735. The molecular formula is C12H19N3O4. The van der Waals surface area contributed by atoms with E-state index in [1.165, 1.54) is 4.90 Å². The van der Waals surface area contributed by atoms with Gasteiger partial charge in [0.2, 0.25) is 5.91 Å². The first-order valence-corrected chi connectivity index (χ1v) is 6.39. The predicted octanol–water partition coefficient (Wildman–Crippen LogP) is -0.467. The molecule has 1 heterocycles. The van der Waals surface area contributed by atoms with E-state index in [-0.39, 0.29) is 17.9 Å². The van der Waals surface area contributed by atoms with E-state index < -0.39 is 11.9 Å². The minimum absolute atomic E-state index is 0.0538. The highest BCUT2D eigenvalue weighted by atomic mass is 16.4. The highest BCUT2D eigenvalue weighted by Crippen LogP contribution is 2.40. The first-order valence-electron chi connectivity index (χ1n) is 6.39. The number of hydrogen-bond acceptors (Lipinski definition) is 3. The molecule has 2 rings (SSSR count). The molecule has 2 aliphatic rings. The Morgan fingerprint density at radius 2 is 1.53 bits per heavy atom. The van der Waals surface area contributed by atoms with Crippen molar-refractivity contribution in [3.05, 3.63) is 0 Å². The van der Waals surface area contributed by atoms with Crippen LogP contribution in [0, 0.1) is 11.8 Å². The Morgan fingerprint density at radius 1 is 1.00 bits per heavy atom. The number of carboxylic acid groups (broad SMARTS) is 1. The highest BCUT2D eigenvalue weighted by molar-refractivity contribution is 5.89. The summed E-state index contributed by atoms with van der Waals surface area (Å²) in [4.78, 5) is 39.4. The van der Waals surface area contributed by atoms with Crippen LogP contribution in [0.2, 0.25) is 0 Å². The van der Waals surface area contributed by atoms with Gasteiger partial charge in [0, 0.05) is 40.3 Å². The lowest BCUT2D eigenvalue weighted by molar-refractivity contribution is -0.142. The summed E-state index contributed by atoms with van der Waals surface area (Å²) in [6, 6.07) is -0.0538. The van der Waals surface area contributed by atoms with Gasteiger partial charge in [-0.15, -0.1) is 0 Å². The molecule has 1 saturated heterocycles. The molecule has 7 heteroatoms. The van der Waals surface area contributed by atoms with Crippen LogP contribution in [-0.2, 0) is 9.59 Å². The zero-order valence-electron chi connectivity index (χ0n) is 11.2. The van der Waals surface area contributed by atoms with Crippen LogP contribution in [0.1, 0.15) is 6.42 Å². The summed E-state index contributed by atoms with van der Waals surface area (Å²) >= 11 is 0. The molecule has 106 valence electrons. The minimum Gasteiger partial charge on any atom is -0.481 e. The number of rotatable bonds is 2. The molecule has 3 amide bonds. The van der Waals surface area contributed by atoms with Gasteiger partial charge in [0.1, 0.15) is 0 Å². The number of carbonyl (C=O) groups excluding carboxylic acids is 2. The second-order valence-corrected chi connectivity index (χ2v) is 5.28. The van der Waals surface area contributed by atoms with Crippen molar-refractivity contribution in [2.24, 2.45) is 11.8 Å². The third-order valence-corrected chi connectivity index (χ3v) is 3.67. The van der Waals surface area contributed by atoms with E-state index in [1.807, 2.05) is 0 Å². The van der Waals surface area contributed by atoms with Gasteiger partial charge in [-0.25, -0.2) is 4.79 Å². The van der Waals surface area contributed by atoms with Crippen LogP contribution in [0.25, 0.3) is 0 Å². The molecule has 2 atom stereocenters. The lowest BCUT2D eigenvalue weighted by Crippen LogP contribution is -2.53. The largest absolute Gasteiger partial charge is 0.481 e. The monoisotopic (exact) mass is 269 g/mol. The Hall–Kier alpha value is -1.79. The van der Waals surface area contributed by atoms with Gasteiger partial charge >= 0.3 is 12.0 Å². The van der Waals surface area contributed by atoms with Gasteiger partial charge in [0.25, 0.3) is 0 Å². The fourth-order valence-electron chi connectivity index (χ4n) is 2.38. The Bertz CT molecular complexity index is 402. The fourth-order valence-corrected chi connectivity index (χ4v) is 2.38. The zero-order chi connectivity index (χ0) is 14.2. The van der Waals surface area contributed by atoms with Crippen molar-refractivity contribution in [3.8, 4) is 0 Å². The molecule has 2 unspecified atom stereocenters. The molecular weight excluding hydrogens is 250 g/mol. The van der Waals surface area contributed by atoms with Crippen LogP contribution in [0.5, 0.6) is 0 Å². The lowest BCUT2D eigenvalue weighted by atomic mass is 10.2. The van der Waals surface area contributed by atoms with Gasteiger partial charge in [0.05, 0.1) is 11.8 Å². The van der Waals surface area contributed by atoms with Crippen LogP contribution in [0.4, 0.5) is 4.79 Å². The Balaban J connectivity index is 1.82. The Labute approximate surface area is 111 Å². The molecule has 0 aromatic carbocycles. The molecule has 19 heavy (non-hydrogen) atoms. The number of hydrogen-bond donors (Lipinski definition) is 1. The number of nitrogens with zero attached hydrogens (tertiary/aromatic N) is 3. The first kappa shape index (κ1) is 13.6. The summed E-state index contributed by atoms with van der Waals surface area (Å²) in [6.45, 7) is 1.99. The third-order valence-electron chi connectivity index (χ3n) is 3.67. The Morgan fingerprint density at radius 3 is 1.95 bits per heavy atom. The van der Waals surface area contributed by atoms with Gasteiger partial charge in [0.15, 0.2) is 0 Å². The van der Waals surface area contributed by atoms with Gasteiger partial charge in [-0.1, -0.05) is 0 Å². The van der Waals surface area contributed by atoms with Crippen LogP contribution >= 0.6 is 0 Å². The van der Waals surface area contributed by atoms with Crippen molar-refractivity contribution in [1.82, 2.24) is 14.7 Å². The molecule has 0 bridgehead atoms. The normalized spacial score (nSPS) is 26.0. The summed E-state index contributed by atoms with van der Waals surface area (Å²) in [5.74, 6) is -1.83. The summed E-state index contributed by atoms with van der Waals surface area (Å²) in [5, 5.41) is 8.82. The SMILES string of the molecule is CN(C)C(=O)N1CCN(C(=O)C2CC2C(=O)O)CC1. The third kappa shape index (κ3) is 2.80. The fraction of sp³-hybridized carbons (Fsp3) is 0.750. The number of carboxylic acids is 1. The van der Waals surface area contributed by atoms with Crippen LogP contribution < -0.4 is 0 Å². The number of piperazine rings is 1. The maximum absolute atomic E-state index is 12.0. The van der Waals surface area contributed by atoms with Crippen molar-refractivity contribution in [1.29, 1.82) is 0 Å². The molecule has 0 spiro atoms. The van der Waals surface area contributed by atoms with E-state index in [2.05, 4.69) is 0 Å². The average molecular weight is 269 g/mol. The molecule has 7 nitrogen and oxygen atoms in total. The smallest absolute Gasteiger partial charge is 0.319 e. The minimum atomic E-state index is -0.889. The predicted molar refractivity (Wildman–Crippen MR) is 66.5 cm³/mol. The second-order valence-electron chi connectivity index (χ2n) is 5.28. The number of amides is 3. The molecule has 1 aliphatic heterocycles. The van der Waals surface area contributed by atoms with E-state index in [0.717, 1.165) is 0 Å². The van der Waals surface area contributed by atoms with Crippen LogP contribution in [-0.4, -0.2) is 78.0 Å². The van der Waals surface area contributed by atoms with E-state index >= 15 is 0 Å². The van der Waals surface area contributed by atoms with Crippen molar-refractivity contribution in [2.75, 3.05) is 40.3 Å². The van der Waals surface area contributed by atoms with Crippen molar-refractivity contribution >= 4 is 17.9 Å². The molecule has 1 N–H and O–H groups in total. The average Bonchev–Trinajstić information content (AvgIpc) is 3.17. The standard InChI is InChI=1S/C12H19N3O4/c1-13(2)12(19)15-5-3-14(4-6-15)10(16)8-7-9(8)11(17)18/h8-9H,3-7H2,1-2H3,(H,17,18). The lowest BCUT2D eigenvalue weighted by Gasteiger charge is -2.36. The van der Waals surface area contributed by atoms with Crippen molar-refractivity contribution in [3.63, 3.8) is 0 Å². The van der Waals surface area contributed by atoms with Gasteiger partial charge in [-0.3, -0.25) is 9.59 Å². The molecule has 0 radical (unpaired) electrons. The number of urea groups is 1. The molecule has 1 saturated carbocycles. The van der Waals surface area contributed by atoms with Gasteiger partial charge in [-0.05, 0) is 6.42 Å². The topological polar surface area (TPSA) is 81.2 Å². The van der Waals surface area contributed by atoms with Crippen LogP contribution in [0.15, 0.2) is 0 Å². The molecule has 0 aromatic heterocycles. The molecule has 1 aliphatic carbocycles. The van der Waals surface area contributed by atoms with Gasteiger partial charge in [-0.2, -0.15) is 0 Å². The summed E-state index contributed by atoms with van der Waals surface area (Å²) in [7, 11) is 3.39. The van der Waals surface area contributed by atoms with E-state index in [0.29, 0.717) is 32.6 Å². The second kappa shape index (κ2) is 5.07. The van der Waals surface area contributed by atoms with E-state index in [9.17, 15) is 14.4 Å². The molecule has 0 aromatic rings. The van der Waals surface area contributed by atoms with Gasteiger partial charge < -0.3 is 19.8 Å². The van der Waals surface area contributed by atoms with Crippen LogP contribution in [0.3, 0.4) is 0 Å². The summed E-state index contributed by atoms with van der Waals surface area (Å²) in [6.07, 6.45) is 0.449. The Kier molecular flexibility index (Phi) is 3.64. The number of carbonyl (C=O) groups is 3. The van der Waals surface area contributed by atoms with Crippen molar-refractivity contribution in [2.45, 2.75) is 6.42 Å². The highest BCUT2D eigenvalue weighted by Gasteiger charge is 2.50. The zero-order valence-corrected chi connectivity index (χ0v) is 11.2. The number of aliphatic carboxylic acids is 1. The maximum atomic E-state index is 12.0. The molecule has 2 fully saturated rings. The maximum Gasteiger partial charge on any atom is 0.319 e. The van der Waals surface area contributed by atoms with E-state index in [4.69, 9.17) is 5.11 Å². The van der Waals surface area contributed by atoms with E-state index in [1.54, 1.807) is 23.9 Å².